The van der Waals surface area contributed by atoms with Crippen molar-refractivity contribution < 1.29 is 19.1 Å². The summed E-state index contributed by atoms with van der Waals surface area (Å²) >= 11 is 0. The van der Waals surface area contributed by atoms with Crippen LogP contribution in [0.3, 0.4) is 0 Å². The van der Waals surface area contributed by atoms with E-state index in [1.54, 1.807) is 0 Å². The third kappa shape index (κ3) is 2.31. The predicted molar refractivity (Wildman–Crippen MR) is 47.4 cm³/mol. The van der Waals surface area contributed by atoms with Gasteiger partial charge in [-0.15, -0.1) is 0 Å². The zero-order valence-electron chi connectivity index (χ0n) is 8.28. The van der Waals surface area contributed by atoms with Gasteiger partial charge in [-0.25, -0.2) is 0 Å². The Kier molecular flexibility index (Phi) is 3.22. The maximum absolute atomic E-state index is 11.3. The average Bonchev–Trinajstić information content (AvgIpc) is 2.46. The molecule has 0 aromatic carbocycles. The van der Waals surface area contributed by atoms with Crippen LogP contribution in [0.25, 0.3) is 0 Å². The molecule has 0 aliphatic carbocycles. The van der Waals surface area contributed by atoms with Crippen molar-refractivity contribution in [3.8, 4) is 0 Å². The van der Waals surface area contributed by atoms with Crippen LogP contribution in [-0.4, -0.2) is 42.8 Å². The predicted octanol–water partition coefficient (Wildman–Crippen LogP) is -0.403. The molecule has 1 heterocycles. The molecule has 78 valence electrons. The SMILES string of the molecule is COC(=O)C1CC(=O)N(CC(C)=O)C1. The second-order valence-corrected chi connectivity index (χ2v) is 3.40. The van der Waals surface area contributed by atoms with E-state index in [1.807, 2.05) is 0 Å². The number of rotatable bonds is 3. The van der Waals surface area contributed by atoms with Crippen LogP contribution in [0, 0.1) is 5.92 Å². The van der Waals surface area contributed by atoms with Crippen LogP contribution in [0.2, 0.25) is 0 Å². The van der Waals surface area contributed by atoms with E-state index in [0.717, 1.165) is 0 Å². The average molecular weight is 199 g/mol. The van der Waals surface area contributed by atoms with E-state index < -0.39 is 5.92 Å². The number of likely N-dealkylation sites (tertiary alicyclic amines) is 1. The quantitative estimate of drug-likeness (QED) is 0.580. The number of hydrogen-bond acceptors (Lipinski definition) is 4. The fraction of sp³-hybridized carbons (Fsp3) is 0.667. The molecule has 1 unspecified atom stereocenters. The molecule has 1 amide bonds. The minimum atomic E-state index is -0.410. The Balaban J connectivity index is 2.55. The summed E-state index contributed by atoms with van der Waals surface area (Å²) in [6.45, 7) is 1.80. The number of ketones is 1. The van der Waals surface area contributed by atoms with Crippen LogP contribution in [0.1, 0.15) is 13.3 Å². The van der Waals surface area contributed by atoms with Crippen LogP contribution < -0.4 is 0 Å². The molecule has 0 spiro atoms. The summed E-state index contributed by atoms with van der Waals surface area (Å²) in [6.07, 6.45) is 0.153. The van der Waals surface area contributed by atoms with E-state index in [-0.39, 0.29) is 30.6 Å². The van der Waals surface area contributed by atoms with Gasteiger partial charge in [0.2, 0.25) is 5.91 Å². The number of hydrogen-bond donors (Lipinski definition) is 0. The van der Waals surface area contributed by atoms with Gasteiger partial charge in [0.25, 0.3) is 0 Å². The molecule has 1 fully saturated rings. The highest BCUT2D eigenvalue weighted by Gasteiger charge is 2.35. The Labute approximate surface area is 82.0 Å². The Morgan fingerprint density at radius 2 is 2.21 bits per heavy atom. The third-order valence-electron chi connectivity index (χ3n) is 2.16. The minimum Gasteiger partial charge on any atom is -0.469 e. The van der Waals surface area contributed by atoms with E-state index in [0.29, 0.717) is 6.54 Å². The molecule has 1 atom stereocenters. The number of methoxy groups -OCH3 is 1. The summed E-state index contributed by atoms with van der Waals surface area (Å²) in [5.41, 5.74) is 0. The van der Waals surface area contributed by atoms with E-state index in [2.05, 4.69) is 4.74 Å². The fourth-order valence-electron chi connectivity index (χ4n) is 1.52. The number of carbonyl (C=O) groups excluding carboxylic acids is 3. The van der Waals surface area contributed by atoms with Gasteiger partial charge >= 0.3 is 5.97 Å². The Morgan fingerprint density at radius 3 is 2.71 bits per heavy atom. The summed E-state index contributed by atoms with van der Waals surface area (Å²) in [4.78, 5) is 34.6. The zero-order chi connectivity index (χ0) is 10.7. The molecule has 5 heteroatoms. The molecular weight excluding hydrogens is 186 g/mol. The molecule has 1 aliphatic heterocycles. The standard InChI is InChI=1S/C9H13NO4/c1-6(11)4-10-5-7(3-8(10)12)9(13)14-2/h7H,3-5H2,1-2H3. The second-order valence-electron chi connectivity index (χ2n) is 3.40. The molecule has 14 heavy (non-hydrogen) atoms. The summed E-state index contributed by atoms with van der Waals surface area (Å²) in [7, 11) is 1.29. The van der Waals surface area contributed by atoms with Gasteiger partial charge in [0.05, 0.1) is 19.6 Å². The highest BCUT2D eigenvalue weighted by atomic mass is 16.5. The maximum atomic E-state index is 11.3. The number of carbonyl (C=O) groups is 3. The number of amides is 1. The lowest BCUT2D eigenvalue weighted by Crippen LogP contribution is -2.30. The number of Topliss-reactive ketones (excluding diaryl/α,β-unsaturated/α-hetero) is 1. The molecule has 0 aromatic heterocycles. The maximum Gasteiger partial charge on any atom is 0.310 e. The lowest BCUT2D eigenvalue weighted by molar-refractivity contribution is -0.145. The highest BCUT2D eigenvalue weighted by Crippen LogP contribution is 2.18. The van der Waals surface area contributed by atoms with E-state index in [1.165, 1.54) is 18.9 Å². The van der Waals surface area contributed by atoms with Crippen molar-refractivity contribution in [3.63, 3.8) is 0 Å². The molecule has 0 radical (unpaired) electrons. The minimum absolute atomic E-state index is 0.0798. The monoisotopic (exact) mass is 199 g/mol. The van der Waals surface area contributed by atoms with Crippen LogP contribution >= 0.6 is 0 Å². The summed E-state index contributed by atoms with van der Waals surface area (Å²) in [5, 5.41) is 0. The van der Waals surface area contributed by atoms with Gasteiger partial charge in [-0.3, -0.25) is 14.4 Å². The van der Waals surface area contributed by atoms with Crippen molar-refractivity contribution in [2.75, 3.05) is 20.2 Å². The lowest BCUT2D eigenvalue weighted by atomic mass is 10.1. The third-order valence-corrected chi connectivity index (χ3v) is 2.16. The van der Waals surface area contributed by atoms with Gasteiger partial charge < -0.3 is 9.64 Å². The van der Waals surface area contributed by atoms with E-state index in [4.69, 9.17) is 0 Å². The van der Waals surface area contributed by atoms with Crippen molar-refractivity contribution in [3.05, 3.63) is 0 Å². The van der Waals surface area contributed by atoms with Gasteiger partial charge in [-0.2, -0.15) is 0 Å². The first-order chi connectivity index (χ1) is 6.54. The van der Waals surface area contributed by atoms with Crippen LogP contribution in [0.15, 0.2) is 0 Å². The topological polar surface area (TPSA) is 63.7 Å². The molecule has 1 rings (SSSR count). The first-order valence-corrected chi connectivity index (χ1v) is 4.39. The number of ether oxygens (including phenoxy) is 1. The van der Waals surface area contributed by atoms with Gasteiger partial charge in [0.15, 0.2) is 0 Å². The Bertz CT molecular complexity index is 274. The molecule has 1 aliphatic rings. The van der Waals surface area contributed by atoms with Crippen LogP contribution in [0.5, 0.6) is 0 Å². The Hall–Kier alpha value is -1.39. The largest absolute Gasteiger partial charge is 0.469 e. The molecular formula is C9H13NO4. The number of nitrogens with zero attached hydrogens (tertiary/aromatic N) is 1. The summed E-state index contributed by atoms with van der Waals surface area (Å²) < 4.78 is 4.53. The van der Waals surface area contributed by atoms with Crippen LogP contribution in [0.4, 0.5) is 0 Å². The lowest BCUT2D eigenvalue weighted by Gasteiger charge is -2.13. The molecule has 0 saturated carbocycles. The summed E-state index contributed by atoms with van der Waals surface area (Å²) in [5.74, 6) is -1.03. The number of esters is 1. The molecule has 0 bridgehead atoms. The molecule has 0 aromatic rings. The van der Waals surface area contributed by atoms with Crippen molar-refractivity contribution in [1.29, 1.82) is 0 Å². The molecule has 0 N–H and O–H groups in total. The fourth-order valence-corrected chi connectivity index (χ4v) is 1.52. The summed E-state index contributed by atoms with van der Waals surface area (Å²) in [6, 6.07) is 0. The first-order valence-electron chi connectivity index (χ1n) is 4.39. The van der Waals surface area contributed by atoms with Gasteiger partial charge in [0.1, 0.15) is 5.78 Å². The van der Waals surface area contributed by atoms with E-state index in [9.17, 15) is 14.4 Å². The highest BCUT2D eigenvalue weighted by molar-refractivity contribution is 5.90. The second kappa shape index (κ2) is 4.21. The zero-order valence-corrected chi connectivity index (χ0v) is 8.28. The smallest absolute Gasteiger partial charge is 0.310 e. The normalized spacial score (nSPS) is 21.1. The van der Waals surface area contributed by atoms with Gasteiger partial charge in [0, 0.05) is 13.0 Å². The van der Waals surface area contributed by atoms with Crippen molar-refractivity contribution in [1.82, 2.24) is 4.90 Å². The first kappa shape index (κ1) is 10.7. The Morgan fingerprint density at radius 1 is 1.57 bits per heavy atom. The van der Waals surface area contributed by atoms with Crippen molar-refractivity contribution in [2.24, 2.45) is 5.92 Å². The van der Waals surface area contributed by atoms with Crippen LogP contribution in [-0.2, 0) is 19.1 Å². The molecule has 5 nitrogen and oxygen atoms in total. The van der Waals surface area contributed by atoms with E-state index >= 15 is 0 Å². The van der Waals surface area contributed by atoms with Gasteiger partial charge in [-0.05, 0) is 6.92 Å². The van der Waals surface area contributed by atoms with Gasteiger partial charge in [-0.1, -0.05) is 0 Å². The van der Waals surface area contributed by atoms with Crippen molar-refractivity contribution >= 4 is 17.7 Å². The van der Waals surface area contributed by atoms with Crippen molar-refractivity contribution in [2.45, 2.75) is 13.3 Å². The molecule has 1 saturated heterocycles.